The molecule has 1 heterocycles. The van der Waals surface area contributed by atoms with E-state index in [-0.39, 0.29) is 35.6 Å². The zero-order chi connectivity index (χ0) is 19.2. The number of likely N-dealkylation sites (tertiary alicyclic amines) is 1. The Labute approximate surface area is 166 Å². The van der Waals surface area contributed by atoms with Crippen molar-refractivity contribution in [3.05, 3.63) is 30.1 Å². The van der Waals surface area contributed by atoms with Gasteiger partial charge in [-0.05, 0) is 69.7 Å². The fraction of sp³-hybridized carbons (Fsp3) is 0.611. The standard InChI is InChI=1S/C18H27FN2O4S.ClH/c1-2-21(14-18(22)23)16-8-11-20(12-9-16)10-3-13-26(24,25)17-6-4-15(19)5-7-17;/h4-7,16H,2-3,8-14H2,1H3,(H,22,23);1H. The topological polar surface area (TPSA) is 77.9 Å². The number of piperidine rings is 1. The van der Waals surface area contributed by atoms with Gasteiger partial charge in [-0.25, -0.2) is 12.8 Å². The zero-order valence-electron chi connectivity index (χ0n) is 15.5. The van der Waals surface area contributed by atoms with Gasteiger partial charge in [-0.2, -0.15) is 0 Å². The first-order valence-electron chi connectivity index (χ1n) is 8.98. The maximum atomic E-state index is 12.9. The summed E-state index contributed by atoms with van der Waals surface area (Å²) in [5, 5.41) is 8.97. The van der Waals surface area contributed by atoms with E-state index in [1.54, 1.807) is 0 Å². The quantitative estimate of drug-likeness (QED) is 0.615. The van der Waals surface area contributed by atoms with Crippen molar-refractivity contribution < 1.29 is 22.7 Å². The fourth-order valence-corrected chi connectivity index (χ4v) is 4.71. The number of sulfone groups is 1. The van der Waals surface area contributed by atoms with Crippen molar-refractivity contribution in [2.75, 3.05) is 38.5 Å². The SMILES string of the molecule is CCN(CC(=O)O)C1CCN(CCCS(=O)(=O)c2ccc(F)cc2)CC1.Cl. The van der Waals surface area contributed by atoms with E-state index in [0.29, 0.717) is 19.5 Å². The van der Waals surface area contributed by atoms with Gasteiger partial charge in [0.15, 0.2) is 9.84 Å². The van der Waals surface area contributed by atoms with Crippen molar-refractivity contribution in [1.82, 2.24) is 9.80 Å². The van der Waals surface area contributed by atoms with Crippen LogP contribution in [0, 0.1) is 5.82 Å². The highest BCUT2D eigenvalue weighted by molar-refractivity contribution is 7.91. The number of hydrogen-bond acceptors (Lipinski definition) is 5. The molecule has 154 valence electrons. The van der Waals surface area contributed by atoms with E-state index in [0.717, 1.165) is 38.1 Å². The summed E-state index contributed by atoms with van der Waals surface area (Å²) in [5.41, 5.74) is 0. The summed E-state index contributed by atoms with van der Waals surface area (Å²) < 4.78 is 37.4. The van der Waals surface area contributed by atoms with Gasteiger partial charge in [0.25, 0.3) is 0 Å². The van der Waals surface area contributed by atoms with Crippen LogP contribution in [0.2, 0.25) is 0 Å². The first-order chi connectivity index (χ1) is 12.3. The number of carbonyl (C=O) groups is 1. The zero-order valence-corrected chi connectivity index (χ0v) is 17.1. The van der Waals surface area contributed by atoms with Crippen molar-refractivity contribution >= 4 is 28.2 Å². The van der Waals surface area contributed by atoms with Crippen LogP contribution in [0.5, 0.6) is 0 Å². The molecule has 1 fully saturated rings. The van der Waals surface area contributed by atoms with Gasteiger partial charge < -0.3 is 10.0 Å². The Bertz CT molecular complexity index is 692. The molecule has 0 amide bonds. The Morgan fingerprint density at radius 2 is 1.85 bits per heavy atom. The lowest BCUT2D eigenvalue weighted by Gasteiger charge is -2.37. The normalized spacial score (nSPS) is 16.3. The molecule has 6 nitrogen and oxygen atoms in total. The molecule has 1 aliphatic rings. The largest absolute Gasteiger partial charge is 0.480 e. The maximum absolute atomic E-state index is 12.9. The molecule has 0 unspecified atom stereocenters. The molecule has 0 spiro atoms. The van der Waals surface area contributed by atoms with Gasteiger partial charge in [-0.3, -0.25) is 9.69 Å². The number of nitrogens with zero attached hydrogens (tertiary/aromatic N) is 2. The van der Waals surface area contributed by atoms with Gasteiger partial charge in [0.05, 0.1) is 17.2 Å². The molecule has 9 heteroatoms. The molecule has 1 aliphatic heterocycles. The maximum Gasteiger partial charge on any atom is 0.317 e. The van der Waals surface area contributed by atoms with Gasteiger partial charge in [-0.15, -0.1) is 12.4 Å². The van der Waals surface area contributed by atoms with Crippen LogP contribution in [0.25, 0.3) is 0 Å². The van der Waals surface area contributed by atoms with Crippen LogP contribution in [0.1, 0.15) is 26.2 Å². The minimum absolute atomic E-state index is 0. The summed E-state index contributed by atoms with van der Waals surface area (Å²) in [6, 6.07) is 5.20. The van der Waals surface area contributed by atoms with Crippen LogP contribution >= 0.6 is 12.4 Å². The molecule has 2 rings (SSSR count). The number of likely N-dealkylation sites (N-methyl/N-ethyl adjacent to an activating group) is 1. The lowest BCUT2D eigenvalue weighted by molar-refractivity contribution is -0.139. The molecule has 1 aromatic rings. The summed E-state index contributed by atoms with van der Waals surface area (Å²) in [6.07, 6.45) is 2.31. The second-order valence-corrected chi connectivity index (χ2v) is 8.77. The van der Waals surface area contributed by atoms with Gasteiger partial charge in [0.1, 0.15) is 5.82 Å². The number of carboxylic acids is 1. The van der Waals surface area contributed by atoms with E-state index in [1.165, 1.54) is 12.1 Å². The van der Waals surface area contributed by atoms with E-state index in [2.05, 4.69) is 4.90 Å². The van der Waals surface area contributed by atoms with Crippen molar-refractivity contribution in [1.29, 1.82) is 0 Å². The Balaban J connectivity index is 0.00000364. The summed E-state index contributed by atoms with van der Waals surface area (Å²) in [5.74, 6) is -1.21. The van der Waals surface area contributed by atoms with Gasteiger partial charge in [0, 0.05) is 6.04 Å². The van der Waals surface area contributed by atoms with E-state index < -0.39 is 21.6 Å². The Kier molecular flexibility index (Phi) is 9.66. The van der Waals surface area contributed by atoms with Crippen LogP contribution in [0.3, 0.4) is 0 Å². The molecule has 1 saturated heterocycles. The van der Waals surface area contributed by atoms with Gasteiger partial charge >= 0.3 is 5.97 Å². The molecular weight excluding hydrogens is 395 g/mol. The average Bonchev–Trinajstić information content (AvgIpc) is 2.60. The highest BCUT2D eigenvalue weighted by atomic mass is 35.5. The number of hydrogen-bond donors (Lipinski definition) is 1. The highest BCUT2D eigenvalue weighted by Gasteiger charge is 2.25. The van der Waals surface area contributed by atoms with Gasteiger partial charge in [-0.1, -0.05) is 6.92 Å². The average molecular weight is 423 g/mol. The molecule has 0 aliphatic carbocycles. The van der Waals surface area contributed by atoms with Crippen LogP contribution in [0.4, 0.5) is 4.39 Å². The third-order valence-corrected chi connectivity index (χ3v) is 6.69. The lowest BCUT2D eigenvalue weighted by atomic mass is 10.0. The van der Waals surface area contributed by atoms with Crippen LogP contribution < -0.4 is 0 Å². The second-order valence-electron chi connectivity index (χ2n) is 6.66. The van der Waals surface area contributed by atoms with Crippen molar-refractivity contribution in [3.63, 3.8) is 0 Å². The fourth-order valence-electron chi connectivity index (χ4n) is 3.42. The van der Waals surface area contributed by atoms with E-state index in [1.807, 2.05) is 11.8 Å². The van der Waals surface area contributed by atoms with Crippen molar-refractivity contribution in [2.24, 2.45) is 0 Å². The molecule has 1 N–H and O–H groups in total. The first-order valence-corrected chi connectivity index (χ1v) is 10.6. The summed E-state index contributed by atoms with van der Waals surface area (Å²) >= 11 is 0. The molecule has 27 heavy (non-hydrogen) atoms. The highest BCUT2D eigenvalue weighted by Crippen LogP contribution is 2.18. The number of halogens is 2. The van der Waals surface area contributed by atoms with Crippen LogP contribution in [-0.2, 0) is 14.6 Å². The molecule has 0 aromatic heterocycles. The van der Waals surface area contributed by atoms with Crippen molar-refractivity contribution in [3.8, 4) is 0 Å². The van der Waals surface area contributed by atoms with E-state index in [4.69, 9.17) is 5.11 Å². The Morgan fingerprint density at radius 3 is 2.37 bits per heavy atom. The molecule has 0 atom stereocenters. The summed E-state index contributed by atoms with van der Waals surface area (Å²) in [4.78, 5) is 15.3. The number of rotatable bonds is 9. The second kappa shape index (κ2) is 10.9. The van der Waals surface area contributed by atoms with Crippen molar-refractivity contribution in [2.45, 2.75) is 37.1 Å². The predicted octanol–water partition coefficient (Wildman–Crippen LogP) is 2.28. The summed E-state index contributed by atoms with van der Waals surface area (Å²) in [6.45, 7) is 5.13. The molecule has 0 radical (unpaired) electrons. The Morgan fingerprint density at radius 1 is 1.26 bits per heavy atom. The molecular formula is C18H28ClFN2O4S. The molecule has 0 saturated carbocycles. The van der Waals surface area contributed by atoms with Crippen LogP contribution in [0.15, 0.2) is 29.2 Å². The molecule has 1 aromatic carbocycles. The minimum atomic E-state index is -3.39. The monoisotopic (exact) mass is 422 g/mol. The van der Waals surface area contributed by atoms with E-state index in [9.17, 15) is 17.6 Å². The molecule has 0 bridgehead atoms. The van der Waals surface area contributed by atoms with E-state index >= 15 is 0 Å². The lowest BCUT2D eigenvalue weighted by Crippen LogP contribution is -2.46. The summed E-state index contributed by atoms with van der Waals surface area (Å²) in [7, 11) is -3.39. The minimum Gasteiger partial charge on any atom is -0.480 e. The Hall–Kier alpha value is -1.22. The smallest absolute Gasteiger partial charge is 0.317 e. The number of aliphatic carboxylic acids is 1. The van der Waals surface area contributed by atoms with Crippen LogP contribution in [-0.4, -0.2) is 73.8 Å². The predicted molar refractivity (Wildman–Crippen MR) is 105 cm³/mol. The van der Waals surface area contributed by atoms with Gasteiger partial charge in [0.2, 0.25) is 0 Å². The third kappa shape index (κ3) is 7.37. The number of benzene rings is 1. The third-order valence-electron chi connectivity index (χ3n) is 4.88. The number of carboxylic acid groups (broad SMARTS) is 1. The first kappa shape index (κ1) is 23.8.